The van der Waals surface area contributed by atoms with E-state index < -0.39 is 5.97 Å². The normalized spacial score (nSPS) is 11.5. The van der Waals surface area contributed by atoms with E-state index in [-0.39, 0.29) is 5.56 Å². The highest BCUT2D eigenvalue weighted by molar-refractivity contribution is 5.89. The molecule has 7 aromatic rings. The maximum Gasteiger partial charge on any atom is 0.335 e. The molecule has 7 rings (SSSR count). The van der Waals surface area contributed by atoms with Crippen molar-refractivity contribution in [3.63, 3.8) is 0 Å². The Bertz CT molecular complexity index is 3030. The van der Waals surface area contributed by atoms with Crippen LogP contribution < -0.4 is 28.4 Å². The number of hydrogen-bond acceptors (Lipinski definition) is 13. The molecule has 14 nitrogen and oxygen atoms in total. The fourth-order valence-corrected chi connectivity index (χ4v) is 9.94. The Balaban J connectivity index is 0.828. The summed E-state index contributed by atoms with van der Waals surface area (Å²) < 4.78 is 37.2. The number of hydrogen-bond donors (Lipinski definition) is 1. The molecule has 0 heterocycles. The number of carboxylic acids is 1. The summed E-state index contributed by atoms with van der Waals surface area (Å²) >= 11 is 0. The molecule has 0 saturated carbocycles. The summed E-state index contributed by atoms with van der Waals surface area (Å²) in [6.45, 7) is 9.64. The number of unbranched alkanes of at least 4 members (excludes halogenated alkanes) is 15. The van der Waals surface area contributed by atoms with Gasteiger partial charge in [0, 0.05) is 0 Å². The van der Waals surface area contributed by atoms with Crippen molar-refractivity contribution in [3.8, 4) is 34.5 Å². The van der Waals surface area contributed by atoms with Crippen molar-refractivity contribution in [3.05, 3.63) is 180 Å². The third kappa shape index (κ3) is 27.1. The van der Waals surface area contributed by atoms with Crippen LogP contribution in [-0.2, 0) is 19.3 Å². The molecule has 478 valence electrons. The first-order chi connectivity index (χ1) is 44.3. The Hall–Kier alpha value is -8.39. The molecule has 0 aromatic heterocycles. The second-order valence-corrected chi connectivity index (χ2v) is 22.9. The van der Waals surface area contributed by atoms with Crippen molar-refractivity contribution in [1.29, 1.82) is 0 Å². The molecule has 0 atom stereocenters. The highest BCUT2D eigenvalue weighted by Crippen LogP contribution is 2.40. The number of azo groups is 3. The van der Waals surface area contributed by atoms with Crippen molar-refractivity contribution in [2.75, 3.05) is 39.6 Å². The van der Waals surface area contributed by atoms with E-state index in [0.717, 1.165) is 148 Å². The average molecular weight is 1220 g/mol. The largest absolute Gasteiger partial charge is 0.494 e. The van der Waals surface area contributed by atoms with Crippen LogP contribution in [0.1, 0.15) is 183 Å². The molecule has 0 amide bonds. The van der Waals surface area contributed by atoms with E-state index in [1.165, 1.54) is 74.5 Å². The lowest BCUT2D eigenvalue weighted by Crippen LogP contribution is -2.08. The van der Waals surface area contributed by atoms with Crippen LogP contribution in [0.5, 0.6) is 34.5 Å². The van der Waals surface area contributed by atoms with Gasteiger partial charge in [-0.1, -0.05) is 95.7 Å². The van der Waals surface area contributed by atoms with Gasteiger partial charge in [0.05, 0.1) is 79.3 Å². The van der Waals surface area contributed by atoms with Crippen LogP contribution in [0.2, 0.25) is 0 Å². The molecule has 1 N–H and O–H groups in total. The number of rotatable bonds is 46. The van der Waals surface area contributed by atoms with Gasteiger partial charge in [-0.15, -0.1) is 0 Å². The van der Waals surface area contributed by atoms with E-state index >= 15 is 0 Å². The fourth-order valence-electron chi connectivity index (χ4n) is 9.94. The second kappa shape index (κ2) is 41.8. The first-order valence-corrected chi connectivity index (χ1v) is 33.3. The fraction of sp³-hybridized carbons (Fsp3) is 0.434. The van der Waals surface area contributed by atoms with Crippen LogP contribution in [0.3, 0.4) is 0 Å². The summed E-state index contributed by atoms with van der Waals surface area (Å²) in [5.41, 5.74) is 8.89. The van der Waals surface area contributed by atoms with Crippen molar-refractivity contribution >= 4 is 40.1 Å². The molecular formula is C76H96N6O8. The summed E-state index contributed by atoms with van der Waals surface area (Å²) in [5, 5.41) is 36.7. The molecule has 0 aliphatic heterocycles. The first-order valence-electron chi connectivity index (χ1n) is 33.3. The summed E-state index contributed by atoms with van der Waals surface area (Å²) in [4.78, 5) is 12.4. The van der Waals surface area contributed by atoms with Crippen molar-refractivity contribution < 1.29 is 38.3 Å². The van der Waals surface area contributed by atoms with Gasteiger partial charge in [-0.3, -0.25) is 0 Å². The monoisotopic (exact) mass is 1220 g/mol. The molecule has 0 aliphatic rings. The number of aromatic carboxylic acids is 1. The first kappa shape index (κ1) is 69.1. The third-order valence-corrected chi connectivity index (χ3v) is 15.3. The molecule has 0 unspecified atom stereocenters. The van der Waals surface area contributed by atoms with Gasteiger partial charge >= 0.3 is 5.97 Å². The number of ether oxygens (including phenoxy) is 6. The highest BCUT2D eigenvalue weighted by atomic mass is 16.5. The minimum Gasteiger partial charge on any atom is -0.494 e. The van der Waals surface area contributed by atoms with Crippen LogP contribution in [0, 0.1) is 0 Å². The van der Waals surface area contributed by atoms with Crippen molar-refractivity contribution in [1.82, 2.24) is 0 Å². The zero-order chi connectivity index (χ0) is 62.9. The Morgan fingerprint density at radius 1 is 0.300 bits per heavy atom. The Kier molecular flexibility index (Phi) is 32.1. The molecule has 7 aromatic carbocycles. The van der Waals surface area contributed by atoms with Gasteiger partial charge in [-0.25, -0.2) is 4.79 Å². The van der Waals surface area contributed by atoms with Gasteiger partial charge in [0.2, 0.25) is 5.75 Å². The average Bonchev–Trinajstić information content (AvgIpc) is 1.51. The van der Waals surface area contributed by atoms with Gasteiger partial charge in [-0.05, 0) is 254 Å². The van der Waals surface area contributed by atoms with Crippen molar-refractivity contribution in [2.45, 2.75) is 175 Å². The van der Waals surface area contributed by atoms with E-state index in [2.05, 4.69) is 87.9 Å². The van der Waals surface area contributed by atoms with Crippen LogP contribution in [0.25, 0.3) is 0 Å². The molecule has 90 heavy (non-hydrogen) atoms. The number of benzene rings is 7. The Morgan fingerprint density at radius 3 is 0.800 bits per heavy atom. The molecule has 0 fully saturated rings. The van der Waals surface area contributed by atoms with Crippen LogP contribution in [0.15, 0.2) is 188 Å². The lowest BCUT2D eigenvalue weighted by atomic mass is 10.1. The maximum atomic E-state index is 12.4. The molecule has 0 spiro atoms. The molecule has 0 saturated heterocycles. The van der Waals surface area contributed by atoms with E-state index in [0.29, 0.717) is 56.9 Å². The van der Waals surface area contributed by atoms with E-state index in [4.69, 9.17) is 28.4 Å². The maximum absolute atomic E-state index is 12.4. The molecular weight excluding hydrogens is 1120 g/mol. The summed E-state index contributed by atoms with van der Waals surface area (Å²) in [6.07, 6.45) is 24.9. The zero-order valence-corrected chi connectivity index (χ0v) is 53.7. The van der Waals surface area contributed by atoms with Gasteiger partial charge in [-0.2, -0.15) is 30.7 Å². The number of carboxylic acid groups (broad SMARTS) is 1. The van der Waals surface area contributed by atoms with Gasteiger partial charge in [0.15, 0.2) is 11.5 Å². The quantitative estimate of drug-likeness (QED) is 0.0291. The summed E-state index contributed by atoms with van der Waals surface area (Å²) in [6, 6.07) is 51.1. The predicted octanol–water partition coefficient (Wildman–Crippen LogP) is 22.9. The van der Waals surface area contributed by atoms with Crippen LogP contribution in [-0.4, -0.2) is 50.7 Å². The zero-order valence-electron chi connectivity index (χ0n) is 53.7. The van der Waals surface area contributed by atoms with Crippen molar-refractivity contribution in [2.24, 2.45) is 30.7 Å². The molecule has 0 bridgehead atoms. The van der Waals surface area contributed by atoms with Gasteiger partial charge in [0.1, 0.15) is 17.2 Å². The van der Waals surface area contributed by atoms with E-state index in [9.17, 15) is 9.90 Å². The lowest BCUT2D eigenvalue weighted by molar-refractivity contribution is 0.0695. The standard InChI is InChI=1S/C76H96N6O8/c1-4-7-16-25-60-28-34-64(35-29-60)77-80-67-40-46-70(47-41-67)85-52-19-10-13-22-55-88-73-58-63(76(83)84)59-74(89-56-23-14-11-20-53-86-71-48-42-68(43-49-71)81-78-65-36-30-61(31-37-65)26-17-8-5-2)75(73)90-57-24-15-12-21-54-87-72-50-44-69(45-51-72)82-79-66-38-32-62(33-39-66)27-18-9-6-3/h28-51,58-59H,4-27,52-57H2,1-3H3,(H,83,84)/b80-77+,81-78+,82-79+. The lowest BCUT2D eigenvalue weighted by Gasteiger charge is -2.18. The van der Waals surface area contributed by atoms with Gasteiger partial charge < -0.3 is 33.5 Å². The highest BCUT2D eigenvalue weighted by Gasteiger charge is 2.19. The Labute approximate surface area is 535 Å². The molecule has 0 aliphatic carbocycles. The Morgan fingerprint density at radius 2 is 0.544 bits per heavy atom. The smallest absolute Gasteiger partial charge is 0.335 e. The summed E-state index contributed by atoms with van der Waals surface area (Å²) in [7, 11) is 0. The molecule has 0 radical (unpaired) electrons. The summed E-state index contributed by atoms with van der Waals surface area (Å²) in [5.74, 6) is 2.48. The predicted molar refractivity (Wildman–Crippen MR) is 363 cm³/mol. The molecule has 14 heteroatoms. The van der Waals surface area contributed by atoms with Gasteiger partial charge in [0.25, 0.3) is 0 Å². The number of carbonyl (C=O) groups is 1. The third-order valence-electron chi connectivity index (χ3n) is 15.3. The SMILES string of the molecule is CCCCCc1ccc(/N=N/c2ccc(OCCCCCCOc3cc(C(=O)O)cc(OCCCCCCOc4ccc(/N=N/c5ccc(CCCCC)cc5)cc4)c3OCCCCCCOc3ccc(/N=N/c4ccc(CCCCC)cc4)cc3)cc2)cc1. The van der Waals surface area contributed by atoms with Crippen LogP contribution in [0.4, 0.5) is 34.1 Å². The van der Waals surface area contributed by atoms with E-state index in [1.54, 1.807) is 12.1 Å². The van der Waals surface area contributed by atoms with E-state index in [1.807, 2.05) is 109 Å². The minimum absolute atomic E-state index is 0.0807. The minimum atomic E-state index is -1.07. The number of nitrogens with zero attached hydrogens (tertiary/aromatic N) is 6. The van der Waals surface area contributed by atoms with Crippen LogP contribution >= 0.6 is 0 Å². The number of aryl methyl sites for hydroxylation is 3. The second-order valence-electron chi connectivity index (χ2n) is 22.9. The topological polar surface area (TPSA) is 167 Å².